The molecule has 0 spiro atoms. The van der Waals surface area contributed by atoms with Gasteiger partial charge < -0.3 is 11.1 Å². The molecule has 0 aromatic carbocycles. The highest BCUT2D eigenvalue weighted by Crippen LogP contribution is 2.12. The topological polar surface area (TPSA) is 114 Å². The number of nitrogens with zero attached hydrogens (tertiary/aromatic N) is 1. The second-order valence-electron chi connectivity index (χ2n) is 5.60. The molecule has 0 unspecified atom stereocenters. The average Bonchev–Trinajstić information content (AvgIpc) is 2.36. The van der Waals surface area contributed by atoms with Crippen molar-refractivity contribution in [3.05, 3.63) is 24.0 Å². The Morgan fingerprint density at radius 3 is 2.62 bits per heavy atom. The van der Waals surface area contributed by atoms with Crippen molar-refractivity contribution in [2.24, 2.45) is 5.73 Å². The number of pyridine rings is 1. The molecule has 1 aromatic heterocycles. The summed E-state index contributed by atoms with van der Waals surface area (Å²) < 4.78 is 26.7. The van der Waals surface area contributed by atoms with E-state index in [1.807, 2.05) is 20.8 Å². The van der Waals surface area contributed by atoms with Gasteiger partial charge in [-0.1, -0.05) is 0 Å². The minimum absolute atomic E-state index is 0.0170. The molecular formula is C13H22N4O3S. The van der Waals surface area contributed by atoms with Crippen LogP contribution in [0.25, 0.3) is 0 Å². The number of rotatable bonds is 6. The van der Waals surface area contributed by atoms with Crippen LogP contribution in [-0.2, 0) is 21.4 Å². The normalized spacial score (nSPS) is 12.2. The lowest BCUT2D eigenvalue weighted by Gasteiger charge is -2.20. The van der Waals surface area contributed by atoms with Gasteiger partial charge in [0, 0.05) is 31.2 Å². The molecule has 0 saturated heterocycles. The predicted octanol–water partition coefficient (Wildman–Crippen LogP) is 0.123. The summed E-state index contributed by atoms with van der Waals surface area (Å²) in [5.41, 5.74) is 5.43. The van der Waals surface area contributed by atoms with Crippen LogP contribution < -0.4 is 15.8 Å². The number of hydrogen-bond acceptors (Lipinski definition) is 5. The van der Waals surface area contributed by atoms with E-state index in [0.717, 1.165) is 0 Å². The summed E-state index contributed by atoms with van der Waals surface area (Å²) in [6.07, 6.45) is 1.55. The van der Waals surface area contributed by atoms with E-state index < -0.39 is 10.0 Å². The molecule has 0 aliphatic heterocycles. The Bertz CT molecular complexity index is 594. The lowest BCUT2D eigenvalue weighted by atomic mass is 10.1. The van der Waals surface area contributed by atoms with Crippen molar-refractivity contribution in [2.45, 2.75) is 44.2 Å². The molecule has 0 aliphatic rings. The Hall–Kier alpha value is -1.51. The molecule has 1 heterocycles. The molecule has 0 saturated carbocycles. The van der Waals surface area contributed by atoms with Crippen molar-refractivity contribution in [3.63, 3.8) is 0 Å². The monoisotopic (exact) mass is 314 g/mol. The molecule has 118 valence electrons. The van der Waals surface area contributed by atoms with Crippen molar-refractivity contribution in [2.75, 3.05) is 6.54 Å². The summed E-state index contributed by atoms with van der Waals surface area (Å²) in [5, 5.41) is 2.76. The van der Waals surface area contributed by atoms with Gasteiger partial charge in [0.2, 0.25) is 15.9 Å². The smallest absolute Gasteiger partial charge is 0.242 e. The fourth-order valence-electron chi connectivity index (χ4n) is 1.68. The van der Waals surface area contributed by atoms with E-state index in [2.05, 4.69) is 15.0 Å². The Kier molecular flexibility index (Phi) is 5.82. The molecule has 8 heteroatoms. The summed E-state index contributed by atoms with van der Waals surface area (Å²) in [6, 6.07) is 2.97. The fourth-order valence-corrected chi connectivity index (χ4v) is 2.91. The third-order valence-corrected chi connectivity index (χ3v) is 4.02. The van der Waals surface area contributed by atoms with Gasteiger partial charge in [-0.25, -0.2) is 13.1 Å². The standard InChI is InChI=1S/C13H22N4O3S/c1-13(2,3)17-12(18)6-8-16-21(19,20)11-5-4-7-15-10(11)9-14/h4-5,7,16H,6,8-9,14H2,1-3H3,(H,17,18). The van der Waals surface area contributed by atoms with Gasteiger partial charge in [-0.05, 0) is 32.9 Å². The second kappa shape index (κ2) is 6.97. The highest BCUT2D eigenvalue weighted by atomic mass is 32.2. The van der Waals surface area contributed by atoms with Crippen LogP contribution in [0, 0.1) is 0 Å². The van der Waals surface area contributed by atoms with Crippen molar-refractivity contribution in [1.82, 2.24) is 15.0 Å². The van der Waals surface area contributed by atoms with E-state index in [0.29, 0.717) is 5.69 Å². The van der Waals surface area contributed by atoms with Crippen molar-refractivity contribution < 1.29 is 13.2 Å². The van der Waals surface area contributed by atoms with Crippen molar-refractivity contribution in [1.29, 1.82) is 0 Å². The van der Waals surface area contributed by atoms with Crippen LogP contribution in [0.2, 0.25) is 0 Å². The van der Waals surface area contributed by atoms with Gasteiger partial charge in [-0.15, -0.1) is 0 Å². The van der Waals surface area contributed by atoms with Crippen LogP contribution in [-0.4, -0.2) is 31.4 Å². The van der Waals surface area contributed by atoms with E-state index in [1.54, 1.807) is 0 Å². The number of amides is 1. The molecule has 0 aliphatic carbocycles. The largest absolute Gasteiger partial charge is 0.351 e. The molecule has 7 nitrogen and oxygen atoms in total. The van der Waals surface area contributed by atoms with Gasteiger partial charge in [0.1, 0.15) is 4.90 Å². The SMILES string of the molecule is CC(C)(C)NC(=O)CCNS(=O)(=O)c1cccnc1CN. The molecule has 1 rings (SSSR count). The number of carbonyl (C=O) groups is 1. The van der Waals surface area contributed by atoms with E-state index >= 15 is 0 Å². The van der Waals surface area contributed by atoms with E-state index in [-0.39, 0.29) is 35.9 Å². The van der Waals surface area contributed by atoms with Crippen LogP contribution in [0.15, 0.2) is 23.2 Å². The third kappa shape index (κ3) is 5.78. The third-order valence-electron chi connectivity index (χ3n) is 2.49. The Labute approximate surface area is 125 Å². The number of nitrogens with two attached hydrogens (primary N) is 1. The number of hydrogen-bond donors (Lipinski definition) is 3. The molecule has 1 aromatic rings. The molecule has 4 N–H and O–H groups in total. The maximum atomic E-state index is 12.1. The molecule has 0 atom stereocenters. The number of nitrogens with one attached hydrogen (secondary N) is 2. The van der Waals surface area contributed by atoms with Crippen LogP contribution >= 0.6 is 0 Å². The van der Waals surface area contributed by atoms with Crippen LogP contribution in [0.4, 0.5) is 0 Å². The Balaban J connectivity index is 2.64. The van der Waals surface area contributed by atoms with E-state index in [1.165, 1.54) is 18.3 Å². The summed E-state index contributed by atoms with van der Waals surface area (Å²) in [5.74, 6) is -0.213. The molecule has 0 bridgehead atoms. The Morgan fingerprint density at radius 2 is 2.05 bits per heavy atom. The number of carbonyl (C=O) groups excluding carboxylic acids is 1. The lowest BCUT2D eigenvalue weighted by molar-refractivity contribution is -0.122. The molecule has 0 fully saturated rings. The quantitative estimate of drug-likeness (QED) is 0.690. The zero-order valence-electron chi connectivity index (χ0n) is 12.5. The van der Waals surface area contributed by atoms with Gasteiger partial charge in [-0.2, -0.15) is 0 Å². The van der Waals surface area contributed by atoms with Crippen molar-refractivity contribution >= 4 is 15.9 Å². The number of sulfonamides is 1. The fraction of sp³-hybridized carbons (Fsp3) is 0.538. The van der Waals surface area contributed by atoms with E-state index in [9.17, 15) is 13.2 Å². The Morgan fingerprint density at radius 1 is 1.38 bits per heavy atom. The summed E-state index contributed by atoms with van der Waals surface area (Å²) in [7, 11) is -3.71. The van der Waals surface area contributed by atoms with Crippen LogP contribution in [0.1, 0.15) is 32.9 Å². The number of aromatic nitrogens is 1. The minimum atomic E-state index is -3.71. The zero-order chi connectivity index (χ0) is 16.1. The highest BCUT2D eigenvalue weighted by molar-refractivity contribution is 7.89. The van der Waals surface area contributed by atoms with Gasteiger partial charge in [0.25, 0.3) is 0 Å². The second-order valence-corrected chi connectivity index (χ2v) is 7.33. The predicted molar refractivity (Wildman–Crippen MR) is 79.8 cm³/mol. The first-order valence-corrected chi connectivity index (χ1v) is 8.08. The first-order valence-electron chi connectivity index (χ1n) is 6.60. The molecule has 21 heavy (non-hydrogen) atoms. The summed E-state index contributed by atoms with van der Waals surface area (Å²) >= 11 is 0. The van der Waals surface area contributed by atoms with Crippen LogP contribution in [0.5, 0.6) is 0 Å². The molecular weight excluding hydrogens is 292 g/mol. The minimum Gasteiger partial charge on any atom is -0.351 e. The van der Waals surface area contributed by atoms with Gasteiger partial charge in [0.15, 0.2) is 0 Å². The maximum Gasteiger partial charge on any atom is 0.242 e. The van der Waals surface area contributed by atoms with Gasteiger partial charge in [-0.3, -0.25) is 9.78 Å². The van der Waals surface area contributed by atoms with Crippen LogP contribution in [0.3, 0.4) is 0 Å². The van der Waals surface area contributed by atoms with Gasteiger partial charge >= 0.3 is 0 Å². The summed E-state index contributed by atoms with van der Waals surface area (Å²) in [6.45, 7) is 5.62. The van der Waals surface area contributed by atoms with Crippen molar-refractivity contribution in [3.8, 4) is 0 Å². The highest BCUT2D eigenvalue weighted by Gasteiger charge is 2.19. The zero-order valence-corrected chi connectivity index (χ0v) is 13.3. The maximum absolute atomic E-state index is 12.1. The van der Waals surface area contributed by atoms with Gasteiger partial charge in [0.05, 0.1) is 5.69 Å². The lowest BCUT2D eigenvalue weighted by Crippen LogP contribution is -2.42. The molecule has 0 radical (unpaired) electrons. The molecule has 1 amide bonds. The van der Waals surface area contributed by atoms with E-state index in [4.69, 9.17) is 5.73 Å². The first kappa shape index (κ1) is 17.5. The first-order chi connectivity index (χ1) is 9.65. The summed E-state index contributed by atoms with van der Waals surface area (Å²) in [4.78, 5) is 15.6. The average molecular weight is 314 g/mol.